The van der Waals surface area contributed by atoms with Gasteiger partial charge in [0.2, 0.25) is 5.91 Å². The number of nitrogens with one attached hydrogen (secondary N) is 3. The lowest BCUT2D eigenvalue weighted by Crippen LogP contribution is -2.27. The molecule has 0 aliphatic rings. The second kappa shape index (κ2) is 6.90. The molecule has 0 spiro atoms. The van der Waals surface area contributed by atoms with Crippen molar-refractivity contribution in [2.24, 2.45) is 5.41 Å². The summed E-state index contributed by atoms with van der Waals surface area (Å²) in [5, 5.41) is 5.99. The van der Waals surface area contributed by atoms with Gasteiger partial charge in [0.1, 0.15) is 5.69 Å². The van der Waals surface area contributed by atoms with Crippen LogP contribution in [0.4, 0.5) is 10.7 Å². The van der Waals surface area contributed by atoms with E-state index in [1.807, 2.05) is 20.8 Å². The lowest BCUT2D eigenvalue weighted by molar-refractivity contribution is -0.123. The fraction of sp³-hybridized carbons (Fsp3) is 0.312. The van der Waals surface area contributed by atoms with Gasteiger partial charge in [0, 0.05) is 16.1 Å². The molecule has 0 saturated heterocycles. The number of aromatic nitrogens is 1. The van der Waals surface area contributed by atoms with E-state index in [4.69, 9.17) is 0 Å². The van der Waals surface area contributed by atoms with Crippen LogP contribution in [0.2, 0.25) is 0 Å². The average Bonchev–Trinajstić information content (AvgIpc) is 2.82. The summed E-state index contributed by atoms with van der Waals surface area (Å²) >= 11 is 4.41. The molecule has 2 rings (SSSR count). The van der Waals surface area contributed by atoms with Crippen LogP contribution >= 0.6 is 27.3 Å². The number of aryl methyl sites for hydroxylation is 1. The summed E-state index contributed by atoms with van der Waals surface area (Å²) in [4.78, 5) is 39.2. The average molecular weight is 412 g/mol. The summed E-state index contributed by atoms with van der Waals surface area (Å²) < 4.78 is 0.651. The van der Waals surface area contributed by atoms with Gasteiger partial charge in [-0.15, -0.1) is 11.3 Å². The van der Waals surface area contributed by atoms with Crippen LogP contribution in [0.3, 0.4) is 0 Å². The van der Waals surface area contributed by atoms with Crippen LogP contribution in [-0.4, -0.2) is 16.8 Å². The Labute approximate surface area is 151 Å². The third-order valence-electron chi connectivity index (χ3n) is 3.16. The molecular weight excluding hydrogens is 394 g/mol. The van der Waals surface area contributed by atoms with Crippen LogP contribution in [0.15, 0.2) is 27.6 Å². The van der Waals surface area contributed by atoms with E-state index in [2.05, 4.69) is 31.5 Å². The Morgan fingerprint density at radius 3 is 2.50 bits per heavy atom. The summed E-state index contributed by atoms with van der Waals surface area (Å²) in [6.07, 6.45) is 1.49. The molecule has 6 nitrogen and oxygen atoms in total. The molecule has 0 bridgehead atoms. The molecule has 0 atom stereocenters. The van der Waals surface area contributed by atoms with Gasteiger partial charge in [0.15, 0.2) is 0 Å². The minimum absolute atomic E-state index is 0.126. The predicted octanol–water partition coefficient (Wildman–Crippen LogP) is 3.74. The molecule has 0 aromatic carbocycles. The molecule has 0 unspecified atom stereocenters. The number of amides is 2. The van der Waals surface area contributed by atoms with E-state index in [1.165, 1.54) is 23.6 Å². The van der Waals surface area contributed by atoms with E-state index in [0.717, 1.165) is 5.56 Å². The van der Waals surface area contributed by atoms with Gasteiger partial charge in [-0.1, -0.05) is 20.8 Å². The van der Waals surface area contributed by atoms with Gasteiger partial charge in [-0.3, -0.25) is 14.4 Å². The van der Waals surface area contributed by atoms with Crippen molar-refractivity contribution in [3.05, 3.63) is 43.6 Å². The van der Waals surface area contributed by atoms with Crippen molar-refractivity contribution in [1.82, 2.24) is 4.98 Å². The highest BCUT2D eigenvalue weighted by molar-refractivity contribution is 9.10. The van der Waals surface area contributed by atoms with Crippen molar-refractivity contribution in [3.8, 4) is 0 Å². The van der Waals surface area contributed by atoms with E-state index in [-0.39, 0.29) is 17.2 Å². The Balaban J connectivity index is 2.20. The molecule has 128 valence electrons. The monoisotopic (exact) mass is 411 g/mol. The van der Waals surface area contributed by atoms with Gasteiger partial charge in [-0.25, -0.2) is 0 Å². The Kier molecular flexibility index (Phi) is 5.29. The zero-order chi connectivity index (χ0) is 18.1. The van der Waals surface area contributed by atoms with Gasteiger partial charge in [-0.2, -0.15) is 0 Å². The first-order chi connectivity index (χ1) is 11.1. The maximum absolute atomic E-state index is 12.4. The topological polar surface area (TPSA) is 91.1 Å². The fourth-order valence-electron chi connectivity index (χ4n) is 1.80. The smallest absolute Gasteiger partial charge is 0.271 e. The Morgan fingerprint density at radius 1 is 1.21 bits per heavy atom. The number of H-pyrrole nitrogens is 1. The predicted molar refractivity (Wildman–Crippen MR) is 99.9 cm³/mol. The number of halogens is 1. The number of carbonyl (C=O) groups is 2. The molecule has 0 aliphatic carbocycles. The number of carbonyl (C=O) groups excluding carboxylic acids is 2. The molecule has 2 heterocycles. The number of anilines is 2. The maximum Gasteiger partial charge on any atom is 0.271 e. The number of pyridine rings is 1. The first-order valence-corrected chi connectivity index (χ1v) is 8.80. The number of thiophene rings is 1. The first kappa shape index (κ1) is 18.4. The molecule has 8 heteroatoms. The van der Waals surface area contributed by atoms with Crippen molar-refractivity contribution < 1.29 is 9.59 Å². The Bertz CT molecular complexity index is 849. The summed E-state index contributed by atoms with van der Waals surface area (Å²) in [5.41, 5.74) is -0.0261. The summed E-state index contributed by atoms with van der Waals surface area (Å²) in [6, 6.07) is 3.27. The molecule has 0 fully saturated rings. The molecular formula is C16H18BrN3O3S. The highest BCUT2D eigenvalue weighted by Gasteiger charge is 2.23. The third kappa shape index (κ3) is 4.33. The van der Waals surface area contributed by atoms with Gasteiger partial charge >= 0.3 is 0 Å². The summed E-state index contributed by atoms with van der Waals surface area (Å²) in [7, 11) is 0. The minimum atomic E-state index is -0.524. The summed E-state index contributed by atoms with van der Waals surface area (Å²) in [5.74, 6) is -0.517. The van der Waals surface area contributed by atoms with Crippen molar-refractivity contribution in [1.29, 1.82) is 0 Å². The molecule has 24 heavy (non-hydrogen) atoms. The SMILES string of the molecule is Cc1cc(NC(=O)C(C)(C)C)sc1C(=O)Nc1cc(Br)c[nH]c1=O. The minimum Gasteiger partial charge on any atom is -0.326 e. The Hall–Kier alpha value is -1.93. The number of hydrogen-bond acceptors (Lipinski definition) is 4. The van der Waals surface area contributed by atoms with Crippen LogP contribution in [0.25, 0.3) is 0 Å². The Morgan fingerprint density at radius 2 is 1.88 bits per heavy atom. The number of aromatic amines is 1. The maximum atomic E-state index is 12.4. The molecule has 0 radical (unpaired) electrons. The molecule has 0 aliphatic heterocycles. The second-order valence-electron chi connectivity index (χ2n) is 6.34. The van der Waals surface area contributed by atoms with Crippen molar-refractivity contribution >= 4 is 49.8 Å². The van der Waals surface area contributed by atoms with Crippen molar-refractivity contribution in [2.45, 2.75) is 27.7 Å². The largest absolute Gasteiger partial charge is 0.326 e. The fourth-order valence-corrected chi connectivity index (χ4v) is 3.10. The molecule has 2 amide bonds. The van der Waals surface area contributed by atoms with Gasteiger partial charge in [0.05, 0.1) is 9.88 Å². The van der Waals surface area contributed by atoms with Gasteiger partial charge in [-0.05, 0) is 40.5 Å². The zero-order valence-corrected chi connectivity index (χ0v) is 16.1. The number of rotatable bonds is 3. The molecule has 2 aromatic rings. The van der Waals surface area contributed by atoms with Crippen LogP contribution in [-0.2, 0) is 4.79 Å². The van der Waals surface area contributed by atoms with E-state index in [0.29, 0.717) is 14.4 Å². The van der Waals surface area contributed by atoms with Gasteiger partial charge in [0.25, 0.3) is 11.5 Å². The third-order valence-corrected chi connectivity index (χ3v) is 4.77. The van der Waals surface area contributed by atoms with Crippen LogP contribution in [0.5, 0.6) is 0 Å². The highest BCUT2D eigenvalue weighted by Crippen LogP contribution is 2.29. The quantitative estimate of drug-likeness (QED) is 0.717. The van der Waals surface area contributed by atoms with E-state index in [1.54, 1.807) is 13.0 Å². The van der Waals surface area contributed by atoms with E-state index < -0.39 is 11.3 Å². The van der Waals surface area contributed by atoms with E-state index >= 15 is 0 Å². The standard InChI is InChI=1S/C16H18BrN3O3S/c1-8-5-11(20-15(23)16(2,3)4)24-12(8)14(22)19-10-6-9(17)7-18-13(10)21/h5-7H,1-4H3,(H,18,21)(H,19,22)(H,20,23). The van der Waals surface area contributed by atoms with E-state index in [9.17, 15) is 14.4 Å². The normalized spacial score (nSPS) is 11.2. The summed E-state index contributed by atoms with van der Waals surface area (Å²) in [6.45, 7) is 7.23. The second-order valence-corrected chi connectivity index (χ2v) is 8.31. The first-order valence-electron chi connectivity index (χ1n) is 7.19. The number of hydrogen-bond donors (Lipinski definition) is 3. The zero-order valence-electron chi connectivity index (χ0n) is 13.7. The van der Waals surface area contributed by atoms with Gasteiger partial charge < -0.3 is 15.6 Å². The molecule has 0 saturated carbocycles. The van der Waals surface area contributed by atoms with Crippen LogP contribution in [0.1, 0.15) is 36.0 Å². The molecule has 2 aromatic heterocycles. The molecule has 3 N–H and O–H groups in total. The van der Waals surface area contributed by atoms with Crippen LogP contribution in [0, 0.1) is 12.3 Å². The van der Waals surface area contributed by atoms with Crippen molar-refractivity contribution in [3.63, 3.8) is 0 Å². The van der Waals surface area contributed by atoms with Crippen LogP contribution < -0.4 is 16.2 Å². The van der Waals surface area contributed by atoms with Crippen molar-refractivity contribution in [2.75, 3.05) is 10.6 Å². The lowest BCUT2D eigenvalue weighted by Gasteiger charge is -2.16. The highest BCUT2D eigenvalue weighted by atomic mass is 79.9. The lowest BCUT2D eigenvalue weighted by atomic mass is 9.96.